The standard InChI is InChI=1S/C17H20ClNO/c1-17(2,3)13-4-7-15(8-5-13)20-16-9-6-14(18)10-12(16)11-19/h4-10H,11,19H2,1-3H3. The van der Waals surface area contributed by atoms with Crippen LogP contribution in [0, 0.1) is 0 Å². The highest BCUT2D eigenvalue weighted by Gasteiger charge is 2.13. The van der Waals surface area contributed by atoms with Gasteiger partial charge in [0.05, 0.1) is 0 Å². The van der Waals surface area contributed by atoms with Gasteiger partial charge in [0, 0.05) is 17.1 Å². The second-order valence-corrected chi connectivity index (χ2v) is 6.27. The zero-order chi connectivity index (χ0) is 14.8. The van der Waals surface area contributed by atoms with Crippen LogP contribution in [-0.4, -0.2) is 0 Å². The molecule has 106 valence electrons. The van der Waals surface area contributed by atoms with Gasteiger partial charge < -0.3 is 10.5 Å². The highest BCUT2D eigenvalue weighted by atomic mass is 35.5. The molecule has 3 heteroatoms. The zero-order valence-electron chi connectivity index (χ0n) is 12.1. The minimum Gasteiger partial charge on any atom is -0.457 e. The van der Waals surface area contributed by atoms with Gasteiger partial charge >= 0.3 is 0 Å². The lowest BCUT2D eigenvalue weighted by Gasteiger charge is -2.19. The Morgan fingerprint density at radius 1 is 1.05 bits per heavy atom. The SMILES string of the molecule is CC(C)(C)c1ccc(Oc2ccc(Cl)cc2CN)cc1. The molecule has 2 N–H and O–H groups in total. The third-order valence-corrected chi connectivity index (χ3v) is 3.43. The highest BCUT2D eigenvalue weighted by Crippen LogP contribution is 2.29. The first-order valence-corrected chi connectivity index (χ1v) is 7.05. The maximum atomic E-state index is 5.96. The molecule has 2 rings (SSSR count). The molecule has 0 saturated carbocycles. The number of nitrogens with two attached hydrogens (primary N) is 1. The third kappa shape index (κ3) is 3.53. The van der Waals surface area contributed by atoms with Crippen LogP contribution >= 0.6 is 11.6 Å². The topological polar surface area (TPSA) is 35.2 Å². The van der Waals surface area contributed by atoms with Crippen molar-refractivity contribution in [3.05, 3.63) is 58.6 Å². The quantitative estimate of drug-likeness (QED) is 0.873. The van der Waals surface area contributed by atoms with E-state index in [-0.39, 0.29) is 5.41 Å². The van der Waals surface area contributed by atoms with E-state index in [1.165, 1.54) is 5.56 Å². The van der Waals surface area contributed by atoms with Gasteiger partial charge in [0.25, 0.3) is 0 Å². The van der Waals surface area contributed by atoms with E-state index in [1.54, 1.807) is 6.07 Å². The van der Waals surface area contributed by atoms with Crippen LogP contribution in [0.15, 0.2) is 42.5 Å². The second-order valence-electron chi connectivity index (χ2n) is 5.83. The Bertz CT molecular complexity index is 585. The van der Waals surface area contributed by atoms with E-state index in [1.807, 2.05) is 24.3 Å². The predicted molar refractivity (Wildman–Crippen MR) is 84.6 cm³/mol. The second kappa shape index (κ2) is 5.86. The van der Waals surface area contributed by atoms with E-state index >= 15 is 0 Å². The third-order valence-electron chi connectivity index (χ3n) is 3.19. The fourth-order valence-electron chi connectivity index (χ4n) is 1.96. The Labute approximate surface area is 125 Å². The normalized spacial score (nSPS) is 11.4. The molecule has 0 bridgehead atoms. The molecule has 0 aliphatic carbocycles. The lowest BCUT2D eigenvalue weighted by Crippen LogP contribution is -2.10. The van der Waals surface area contributed by atoms with Gasteiger partial charge in [-0.2, -0.15) is 0 Å². The first-order valence-electron chi connectivity index (χ1n) is 6.67. The summed E-state index contributed by atoms with van der Waals surface area (Å²) in [4.78, 5) is 0. The van der Waals surface area contributed by atoms with Crippen molar-refractivity contribution in [2.45, 2.75) is 32.7 Å². The largest absolute Gasteiger partial charge is 0.457 e. The van der Waals surface area contributed by atoms with Gasteiger partial charge in [0.2, 0.25) is 0 Å². The first-order chi connectivity index (χ1) is 9.40. The fraction of sp³-hybridized carbons (Fsp3) is 0.294. The molecule has 2 aromatic carbocycles. The van der Waals surface area contributed by atoms with Crippen molar-refractivity contribution >= 4 is 11.6 Å². The lowest BCUT2D eigenvalue weighted by molar-refractivity contribution is 0.475. The minimum atomic E-state index is 0.140. The molecule has 20 heavy (non-hydrogen) atoms. The van der Waals surface area contributed by atoms with Gasteiger partial charge in [-0.25, -0.2) is 0 Å². The number of rotatable bonds is 3. The van der Waals surface area contributed by atoms with Crippen molar-refractivity contribution in [2.75, 3.05) is 0 Å². The van der Waals surface area contributed by atoms with E-state index in [4.69, 9.17) is 22.1 Å². The Morgan fingerprint density at radius 3 is 2.25 bits per heavy atom. The molecule has 0 saturated heterocycles. The van der Waals surface area contributed by atoms with Crippen LogP contribution in [0.2, 0.25) is 5.02 Å². The molecule has 0 fully saturated rings. The summed E-state index contributed by atoms with van der Waals surface area (Å²) in [6.45, 7) is 6.97. The van der Waals surface area contributed by atoms with Crippen LogP contribution in [0.4, 0.5) is 0 Å². The number of hydrogen-bond acceptors (Lipinski definition) is 2. The zero-order valence-corrected chi connectivity index (χ0v) is 12.9. The average molecular weight is 290 g/mol. The monoisotopic (exact) mass is 289 g/mol. The predicted octanol–water partition coefficient (Wildman–Crippen LogP) is 4.89. The molecule has 0 unspecified atom stereocenters. The van der Waals surface area contributed by atoms with Crippen molar-refractivity contribution in [3.63, 3.8) is 0 Å². The van der Waals surface area contributed by atoms with Gasteiger partial charge in [-0.1, -0.05) is 44.5 Å². The molecular weight excluding hydrogens is 270 g/mol. The summed E-state index contributed by atoms with van der Waals surface area (Å²) in [5.74, 6) is 1.55. The van der Waals surface area contributed by atoms with Gasteiger partial charge in [-0.3, -0.25) is 0 Å². The van der Waals surface area contributed by atoms with Crippen LogP contribution in [0.25, 0.3) is 0 Å². The van der Waals surface area contributed by atoms with Crippen LogP contribution in [0.1, 0.15) is 31.9 Å². The molecule has 2 nitrogen and oxygen atoms in total. The van der Waals surface area contributed by atoms with Crippen molar-refractivity contribution in [3.8, 4) is 11.5 Å². The van der Waals surface area contributed by atoms with E-state index in [2.05, 4.69) is 32.9 Å². The van der Waals surface area contributed by atoms with Crippen LogP contribution in [0.3, 0.4) is 0 Å². The van der Waals surface area contributed by atoms with Crippen molar-refractivity contribution < 1.29 is 4.74 Å². The van der Waals surface area contributed by atoms with Crippen LogP contribution < -0.4 is 10.5 Å². The Morgan fingerprint density at radius 2 is 1.70 bits per heavy atom. The fourth-order valence-corrected chi connectivity index (χ4v) is 2.15. The summed E-state index contributed by atoms with van der Waals surface area (Å²) in [6, 6.07) is 13.6. The van der Waals surface area contributed by atoms with Gasteiger partial charge in [-0.15, -0.1) is 0 Å². The smallest absolute Gasteiger partial charge is 0.132 e. The van der Waals surface area contributed by atoms with E-state index in [9.17, 15) is 0 Å². The van der Waals surface area contributed by atoms with E-state index < -0.39 is 0 Å². The van der Waals surface area contributed by atoms with Crippen LogP contribution in [0.5, 0.6) is 11.5 Å². The molecule has 0 aliphatic rings. The molecule has 0 amide bonds. The van der Waals surface area contributed by atoms with Crippen molar-refractivity contribution in [1.29, 1.82) is 0 Å². The number of halogens is 1. The Hall–Kier alpha value is -1.51. The lowest BCUT2D eigenvalue weighted by atomic mass is 9.87. The summed E-state index contributed by atoms with van der Waals surface area (Å²) in [5, 5.41) is 0.667. The Balaban J connectivity index is 2.22. The van der Waals surface area contributed by atoms with Crippen LogP contribution in [-0.2, 0) is 12.0 Å². The molecular formula is C17H20ClNO. The average Bonchev–Trinajstić information content (AvgIpc) is 2.40. The number of ether oxygens (including phenoxy) is 1. The van der Waals surface area contributed by atoms with E-state index in [0.717, 1.165) is 17.1 Å². The molecule has 0 aliphatic heterocycles. The number of benzene rings is 2. The summed E-state index contributed by atoms with van der Waals surface area (Å²) >= 11 is 5.96. The van der Waals surface area contributed by atoms with Gasteiger partial charge in [0.1, 0.15) is 11.5 Å². The molecule has 0 atom stereocenters. The molecule has 0 spiro atoms. The maximum absolute atomic E-state index is 5.96. The van der Waals surface area contributed by atoms with Gasteiger partial charge in [-0.05, 0) is 41.3 Å². The summed E-state index contributed by atoms with van der Waals surface area (Å²) in [7, 11) is 0. The molecule has 0 radical (unpaired) electrons. The summed E-state index contributed by atoms with van der Waals surface area (Å²) in [5.41, 5.74) is 8.03. The van der Waals surface area contributed by atoms with E-state index in [0.29, 0.717) is 11.6 Å². The minimum absolute atomic E-state index is 0.140. The van der Waals surface area contributed by atoms with Crippen molar-refractivity contribution in [1.82, 2.24) is 0 Å². The van der Waals surface area contributed by atoms with Crippen molar-refractivity contribution in [2.24, 2.45) is 5.73 Å². The summed E-state index contributed by atoms with van der Waals surface area (Å²) < 4.78 is 5.88. The molecule has 0 heterocycles. The number of hydrogen-bond donors (Lipinski definition) is 1. The highest BCUT2D eigenvalue weighted by molar-refractivity contribution is 6.30. The Kier molecular flexibility index (Phi) is 4.36. The molecule has 0 aromatic heterocycles. The molecule has 2 aromatic rings. The summed E-state index contributed by atoms with van der Waals surface area (Å²) in [6.07, 6.45) is 0. The van der Waals surface area contributed by atoms with Gasteiger partial charge in [0.15, 0.2) is 0 Å². The maximum Gasteiger partial charge on any atom is 0.132 e. The first kappa shape index (κ1) is 14.9.